The number of carbonyl (C=O) groups is 1. The average Bonchev–Trinajstić information content (AvgIpc) is 3.55. The van der Waals surface area contributed by atoms with Crippen LogP contribution >= 0.6 is 11.3 Å². The number of carbonyl (C=O) groups excluding carboxylic acids is 1. The van der Waals surface area contributed by atoms with Gasteiger partial charge < -0.3 is 14.6 Å². The number of aromatic nitrogens is 2. The quantitative estimate of drug-likeness (QED) is 0.270. The van der Waals surface area contributed by atoms with Gasteiger partial charge in [-0.15, -0.1) is 11.3 Å². The van der Waals surface area contributed by atoms with E-state index < -0.39 is 6.03 Å². The molecule has 5 rings (SSSR count). The number of ether oxygens (including phenoxy) is 1. The fourth-order valence-corrected chi connectivity index (χ4v) is 5.10. The summed E-state index contributed by atoms with van der Waals surface area (Å²) in [6.45, 7) is 10.1. The zero-order chi connectivity index (χ0) is 27.2. The number of urea groups is 1. The Balaban J connectivity index is 1.14. The minimum Gasteiger partial charge on any atom is -0.492 e. The summed E-state index contributed by atoms with van der Waals surface area (Å²) in [7, 11) is 0. The Morgan fingerprint density at radius 2 is 1.85 bits per heavy atom. The predicted octanol–water partition coefficient (Wildman–Crippen LogP) is 6.49. The van der Waals surface area contributed by atoms with Crippen LogP contribution in [0.2, 0.25) is 0 Å². The molecule has 1 aliphatic rings. The molecule has 0 saturated carbocycles. The molecule has 0 radical (unpaired) electrons. The Labute approximate surface area is 232 Å². The normalized spacial score (nSPS) is 14.0. The molecule has 39 heavy (non-hydrogen) atoms. The largest absolute Gasteiger partial charge is 0.492 e. The summed E-state index contributed by atoms with van der Waals surface area (Å²) in [5.74, 6) is 8.25. The Kier molecular flexibility index (Phi) is 8.15. The molecule has 0 unspecified atom stereocenters. The van der Waals surface area contributed by atoms with Crippen molar-refractivity contribution in [3.05, 3.63) is 64.9 Å². The van der Waals surface area contributed by atoms with Gasteiger partial charge in [-0.25, -0.2) is 9.78 Å². The van der Waals surface area contributed by atoms with Crippen LogP contribution in [0, 0.1) is 11.8 Å². The van der Waals surface area contributed by atoms with Crippen molar-refractivity contribution < 1.29 is 14.1 Å². The summed E-state index contributed by atoms with van der Waals surface area (Å²) < 4.78 is 12.4. The predicted molar refractivity (Wildman–Crippen MR) is 156 cm³/mol. The van der Waals surface area contributed by atoms with E-state index in [1.165, 1.54) is 32.4 Å². The zero-order valence-corrected chi connectivity index (χ0v) is 23.4. The molecular formula is C30H33N5O3S. The van der Waals surface area contributed by atoms with Crippen LogP contribution in [-0.4, -0.2) is 47.3 Å². The van der Waals surface area contributed by atoms with Crippen molar-refractivity contribution in [3.8, 4) is 17.6 Å². The van der Waals surface area contributed by atoms with Crippen LogP contribution in [-0.2, 0) is 5.41 Å². The first-order chi connectivity index (χ1) is 18.8. The summed E-state index contributed by atoms with van der Waals surface area (Å²) in [6, 6.07) is 14.7. The molecular weight excluding hydrogens is 510 g/mol. The van der Waals surface area contributed by atoms with Gasteiger partial charge in [-0.1, -0.05) is 38.3 Å². The van der Waals surface area contributed by atoms with E-state index >= 15 is 0 Å². The van der Waals surface area contributed by atoms with Gasteiger partial charge in [-0.2, -0.15) is 0 Å². The van der Waals surface area contributed by atoms with Crippen LogP contribution in [0.5, 0.6) is 5.75 Å². The molecule has 3 heterocycles. The first-order valence-electron chi connectivity index (χ1n) is 13.2. The molecule has 1 aliphatic heterocycles. The fourth-order valence-electron chi connectivity index (χ4n) is 4.25. The number of benzene rings is 2. The second-order valence-corrected chi connectivity index (χ2v) is 11.7. The van der Waals surface area contributed by atoms with Gasteiger partial charge in [-0.05, 0) is 74.3 Å². The molecule has 2 aromatic heterocycles. The minimum absolute atomic E-state index is 0.185. The molecule has 0 atom stereocenters. The van der Waals surface area contributed by atoms with E-state index in [1.807, 2.05) is 51.1 Å². The van der Waals surface area contributed by atoms with Gasteiger partial charge in [0.1, 0.15) is 18.1 Å². The van der Waals surface area contributed by atoms with Crippen molar-refractivity contribution in [2.24, 2.45) is 0 Å². The number of anilines is 2. The van der Waals surface area contributed by atoms with Gasteiger partial charge in [0.25, 0.3) is 0 Å². The average molecular weight is 544 g/mol. The van der Waals surface area contributed by atoms with Crippen LogP contribution in [0.4, 0.5) is 16.3 Å². The number of nitrogens with one attached hydrogen (secondary N) is 2. The second kappa shape index (κ2) is 11.9. The van der Waals surface area contributed by atoms with E-state index in [2.05, 4.69) is 37.5 Å². The number of amides is 2. The van der Waals surface area contributed by atoms with Crippen LogP contribution in [0.1, 0.15) is 56.4 Å². The standard InChI is InChI=1S/C30H33N5O3S/c1-30(2,3)26-20-27(34-38-26)33-29(36)31-22-10-7-21(8-11-22)9-14-28-32-24-13-12-23(19-25(24)39-28)37-18-17-35-15-5-4-6-16-35/h7-8,10-13,19-20H,4-6,15-18H2,1-3H3,(H2,31,33,34,36). The maximum Gasteiger partial charge on any atom is 0.324 e. The number of fused-ring (bicyclic) bond motifs is 1. The number of hydrogen-bond donors (Lipinski definition) is 2. The third-order valence-electron chi connectivity index (χ3n) is 6.43. The highest BCUT2D eigenvalue weighted by Gasteiger charge is 2.20. The summed E-state index contributed by atoms with van der Waals surface area (Å²) in [6.07, 6.45) is 3.92. The van der Waals surface area contributed by atoms with E-state index in [4.69, 9.17) is 9.26 Å². The van der Waals surface area contributed by atoms with Crippen molar-refractivity contribution in [3.63, 3.8) is 0 Å². The SMILES string of the molecule is CC(C)(C)c1cc(NC(=O)Nc2ccc(C#Cc3nc4ccc(OCCN5CCCCC5)cc4s3)cc2)no1. The molecule has 0 bridgehead atoms. The minimum atomic E-state index is -0.396. The van der Waals surface area contributed by atoms with Crippen molar-refractivity contribution in [1.82, 2.24) is 15.0 Å². The first kappa shape index (κ1) is 26.7. The maximum absolute atomic E-state index is 12.3. The molecule has 2 N–H and O–H groups in total. The third-order valence-corrected chi connectivity index (χ3v) is 7.37. The molecule has 8 nitrogen and oxygen atoms in total. The number of hydrogen-bond acceptors (Lipinski definition) is 7. The van der Waals surface area contributed by atoms with Gasteiger partial charge in [0.05, 0.1) is 10.2 Å². The molecule has 0 aliphatic carbocycles. The van der Waals surface area contributed by atoms with Crippen molar-refractivity contribution in [2.45, 2.75) is 45.4 Å². The molecule has 4 aromatic rings. The monoisotopic (exact) mass is 543 g/mol. The van der Waals surface area contributed by atoms with E-state index in [0.29, 0.717) is 23.9 Å². The van der Waals surface area contributed by atoms with Gasteiger partial charge in [-0.3, -0.25) is 10.2 Å². The molecule has 2 amide bonds. The Morgan fingerprint density at radius 3 is 2.59 bits per heavy atom. The van der Waals surface area contributed by atoms with Crippen molar-refractivity contribution in [1.29, 1.82) is 0 Å². The van der Waals surface area contributed by atoms with Crippen molar-refractivity contribution in [2.75, 3.05) is 36.9 Å². The summed E-state index contributed by atoms with van der Waals surface area (Å²) in [5.41, 5.74) is 2.20. The van der Waals surface area contributed by atoms with Crippen LogP contribution in [0.25, 0.3) is 10.2 Å². The van der Waals surface area contributed by atoms with E-state index in [1.54, 1.807) is 29.5 Å². The van der Waals surface area contributed by atoms with Gasteiger partial charge in [0.15, 0.2) is 10.8 Å². The Bertz CT molecular complexity index is 1480. The van der Waals surface area contributed by atoms with Crippen molar-refractivity contribution >= 4 is 39.1 Å². The summed E-state index contributed by atoms with van der Waals surface area (Å²) in [4.78, 5) is 19.4. The zero-order valence-electron chi connectivity index (χ0n) is 22.5. The Morgan fingerprint density at radius 1 is 1.05 bits per heavy atom. The smallest absolute Gasteiger partial charge is 0.324 e. The van der Waals surface area contributed by atoms with E-state index in [-0.39, 0.29) is 5.41 Å². The first-order valence-corrected chi connectivity index (χ1v) is 14.1. The van der Waals surface area contributed by atoms with E-state index in [9.17, 15) is 4.79 Å². The molecule has 1 saturated heterocycles. The topological polar surface area (TPSA) is 92.5 Å². The lowest BCUT2D eigenvalue weighted by Gasteiger charge is -2.26. The highest BCUT2D eigenvalue weighted by molar-refractivity contribution is 7.19. The lowest BCUT2D eigenvalue weighted by molar-refractivity contribution is 0.183. The van der Waals surface area contributed by atoms with Gasteiger partial charge in [0.2, 0.25) is 0 Å². The molecule has 9 heteroatoms. The van der Waals surface area contributed by atoms with Crippen LogP contribution in [0.3, 0.4) is 0 Å². The highest BCUT2D eigenvalue weighted by Crippen LogP contribution is 2.27. The molecule has 1 fully saturated rings. The highest BCUT2D eigenvalue weighted by atomic mass is 32.1. The maximum atomic E-state index is 12.3. The number of nitrogens with zero attached hydrogens (tertiary/aromatic N) is 3. The van der Waals surface area contributed by atoms with Crippen LogP contribution in [0.15, 0.2) is 53.1 Å². The summed E-state index contributed by atoms with van der Waals surface area (Å²) >= 11 is 1.55. The van der Waals surface area contributed by atoms with E-state index in [0.717, 1.165) is 33.1 Å². The van der Waals surface area contributed by atoms with Gasteiger partial charge in [0, 0.05) is 29.3 Å². The lowest BCUT2D eigenvalue weighted by Crippen LogP contribution is -2.33. The number of rotatable bonds is 6. The van der Waals surface area contributed by atoms with Gasteiger partial charge >= 0.3 is 6.03 Å². The number of piperidine rings is 1. The molecule has 202 valence electrons. The second-order valence-electron chi connectivity index (χ2n) is 10.6. The molecule has 0 spiro atoms. The molecule has 2 aromatic carbocycles. The Hall–Kier alpha value is -3.87. The number of thiazole rings is 1. The summed E-state index contributed by atoms with van der Waals surface area (Å²) in [5, 5.41) is 10.1. The lowest BCUT2D eigenvalue weighted by atomic mass is 9.93. The fraction of sp³-hybridized carbons (Fsp3) is 0.367. The number of likely N-dealkylation sites (tertiary alicyclic amines) is 1. The van der Waals surface area contributed by atoms with Crippen LogP contribution < -0.4 is 15.4 Å². The third kappa shape index (κ3) is 7.37.